The van der Waals surface area contributed by atoms with Gasteiger partial charge in [0.25, 0.3) is 0 Å². The summed E-state index contributed by atoms with van der Waals surface area (Å²) in [4.78, 5) is 11.0. The number of ether oxygens (including phenoxy) is 4. The highest BCUT2D eigenvalue weighted by Crippen LogP contribution is 2.39. The van der Waals surface area contributed by atoms with Crippen molar-refractivity contribution in [3.05, 3.63) is 22.2 Å². The molecule has 1 fully saturated rings. The van der Waals surface area contributed by atoms with E-state index in [0.29, 0.717) is 29.2 Å². The van der Waals surface area contributed by atoms with Crippen LogP contribution in [0.15, 0.2) is 16.6 Å². The van der Waals surface area contributed by atoms with E-state index in [1.54, 1.807) is 12.1 Å². The van der Waals surface area contributed by atoms with Crippen molar-refractivity contribution in [2.45, 2.75) is 13.2 Å². The summed E-state index contributed by atoms with van der Waals surface area (Å²) in [5, 5.41) is 0. The van der Waals surface area contributed by atoms with E-state index in [9.17, 15) is 4.79 Å². The van der Waals surface area contributed by atoms with Gasteiger partial charge < -0.3 is 18.9 Å². The third-order valence-corrected chi connectivity index (χ3v) is 2.98. The van der Waals surface area contributed by atoms with E-state index in [4.69, 9.17) is 18.9 Å². The lowest BCUT2D eigenvalue weighted by atomic mass is 10.2. The summed E-state index contributed by atoms with van der Waals surface area (Å²) in [6.45, 7) is 2.47. The van der Waals surface area contributed by atoms with Crippen molar-refractivity contribution < 1.29 is 23.7 Å². The monoisotopic (exact) mass is 316 g/mol. The molecule has 1 heterocycles. The van der Waals surface area contributed by atoms with Crippen molar-refractivity contribution in [1.29, 1.82) is 0 Å². The minimum absolute atomic E-state index is 0.353. The normalized spacial score (nSPS) is 15.7. The molecule has 0 atom stereocenters. The maximum Gasteiger partial charge on any atom is 0.308 e. The van der Waals surface area contributed by atoms with Crippen LogP contribution in [0, 0.1) is 0 Å². The average Bonchev–Trinajstić information content (AvgIpc) is 2.84. The second-order valence-corrected chi connectivity index (χ2v) is 4.56. The molecule has 0 unspecified atom stereocenters. The number of hydrogen-bond donors (Lipinski definition) is 0. The second-order valence-electron chi connectivity index (χ2n) is 3.70. The van der Waals surface area contributed by atoms with Crippen LogP contribution in [0.3, 0.4) is 0 Å². The smallest absolute Gasteiger partial charge is 0.308 e. The van der Waals surface area contributed by atoms with Gasteiger partial charge in [-0.25, -0.2) is 0 Å². The van der Waals surface area contributed by atoms with Gasteiger partial charge in [0.2, 0.25) is 0 Å². The Morgan fingerprint density at radius 2 is 2.06 bits per heavy atom. The Morgan fingerprint density at radius 1 is 1.39 bits per heavy atom. The van der Waals surface area contributed by atoms with Gasteiger partial charge in [-0.3, -0.25) is 4.79 Å². The molecular formula is C12H13BrO5. The maximum absolute atomic E-state index is 11.0. The molecule has 0 bridgehead atoms. The van der Waals surface area contributed by atoms with E-state index in [2.05, 4.69) is 15.9 Å². The van der Waals surface area contributed by atoms with Gasteiger partial charge in [-0.1, -0.05) is 0 Å². The molecule has 1 aromatic carbocycles. The molecule has 98 valence electrons. The van der Waals surface area contributed by atoms with Gasteiger partial charge >= 0.3 is 5.97 Å². The lowest BCUT2D eigenvalue weighted by molar-refractivity contribution is -0.132. The van der Waals surface area contributed by atoms with Gasteiger partial charge in [-0.05, 0) is 28.1 Å². The van der Waals surface area contributed by atoms with Gasteiger partial charge in [0.1, 0.15) is 0 Å². The van der Waals surface area contributed by atoms with Crippen LogP contribution in [0.25, 0.3) is 0 Å². The molecule has 2 rings (SSSR count). The Hall–Kier alpha value is -1.11. The van der Waals surface area contributed by atoms with E-state index >= 15 is 0 Å². The first-order chi connectivity index (χ1) is 8.61. The van der Waals surface area contributed by atoms with Crippen molar-refractivity contribution in [2.24, 2.45) is 0 Å². The lowest BCUT2D eigenvalue weighted by Gasteiger charge is -2.15. The van der Waals surface area contributed by atoms with Gasteiger partial charge in [-0.15, -0.1) is 0 Å². The number of rotatable bonds is 3. The molecule has 5 nitrogen and oxygen atoms in total. The summed E-state index contributed by atoms with van der Waals surface area (Å²) >= 11 is 3.35. The van der Waals surface area contributed by atoms with E-state index in [1.807, 2.05) is 0 Å². The first kappa shape index (κ1) is 13.3. The highest BCUT2D eigenvalue weighted by molar-refractivity contribution is 9.10. The Labute approximate surface area is 113 Å². The standard InChI is InChI=1S/C12H13BrO5/c1-7(14)18-11-9(13)5-8(6-10(11)15-2)12-16-3-4-17-12/h5-6,12H,3-4H2,1-2H3. The molecule has 1 aromatic rings. The van der Waals surface area contributed by atoms with Crippen LogP contribution in [-0.2, 0) is 14.3 Å². The predicted molar refractivity (Wildman–Crippen MR) is 66.6 cm³/mol. The molecule has 1 saturated heterocycles. The largest absolute Gasteiger partial charge is 0.493 e. The Balaban J connectivity index is 2.35. The minimum atomic E-state index is -0.407. The van der Waals surface area contributed by atoms with Crippen LogP contribution in [0.2, 0.25) is 0 Å². The fraction of sp³-hybridized carbons (Fsp3) is 0.417. The van der Waals surface area contributed by atoms with Crippen molar-refractivity contribution >= 4 is 21.9 Å². The fourth-order valence-corrected chi connectivity index (χ4v) is 2.21. The van der Waals surface area contributed by atoms with Crippen LogP contribution in [-0.4, -0.2) is 26.3 Å². The Bertz CT molecular complexity index is 454. The highest BCUT2D eigenvalue weighted by atomic mass is 79.9. The van der Waals surface area contributed by atoms with Crippen LogP contribution in [0.4, 0.5) is 0 Å². The number of benzene rings is 1. The summed E-state index contributed by atoms with van der Waals surface area (Å²) in [6, 6.07) is 3.52. The van der Waals surface area contributed by atoms with Crippen LogP contribution < -0.4 is 9.47 Å². The van der Waals surface area contributed by atoms with Crippen LogP contribution in [0.5, 0.6) is 11.5 Å². The molecule has 0 N–H and O–H groups in total. The number of halogens is 1. The van der Waals surface area contributed by atoms with E-state index in [1.165, 1.54) is 14.0 Å². The Morgan fingerprint density at radius 3 is 2.61 bits per heavy atom. The highest BCUT2D eigenvalue weighted by Gasteiger charge is 2.22. The topological polar surface area (TPSA) is 54.0 Å². The zero-order valence-corrected chi connectivity index (χ0v) is 11.7. The number of esters is 1. The summed E-state index contributed by atoms with van der Waals surface area (Å²) in [7, 11) is 1.51. The summed E-state index contributed by atoms with van der Waals surface area (Å²) in [5.41, 5.74) is 0.812. The number of carbonyl (C=O) groups excluding carboxylic acids is 1. The Kier molecular flexibility index (Phi) is 4.21. The van der Waals surface area contributed by atoms with Crippen molar-refractivity contribution in [2.75, 3.05) is 20.3 Å². The summed E-state index contributed by atoms with van der Waals surface area (Å²) in [5.74, 6) is 0.399. The second kappa shape index (κ2) is 5.69. The number of hydrogen-bond acceptors (Lipinski definition) is 5. The van der Waals surface area contributed by atoms with Gasteiger partial charge in [0.05, 0.1) is 24.8 Å². The molecule has 0 radical (unpaired) electrons. The molecule has 1 aliphatic rings. The summed E-state index contributed by atoms with van der Waals surface area (Å²) in [6.07, 6.45) is -0.401. The van der Waals surface area contributed by atoms with Gasteiger partial charge in [0, 0.05) is 12.5 Å². The molecule has 6 heteroatoms. The molecular weight excluding hydrogens is 304 g/mol. The average molecular weight is 317 g/mol. The third-order valence-electron chi connectivity index (χ3n) is 2.39. The van der Waals surface area contributed by atoms with Crippen LogP contribution in [0.1, 0.15) is 18.8 Å². The quantitative estimate of drug-likeness (QED) is 0.633. The zero-order chi connectivity index (χ0) is 13.1. The molecule has 0 aliphatic carbocycles. The molecule has 0 aromatic heterocycles. The van der Waals surface area contributed by atoms with E-state index in [0.717, 1.165) is 5.56 Å². The SMILES string of the molecule is COc1cc(C2OCCO2)cc(Br)c1OC(C)=O. The first-order valence-electron chi connectivity index (χ1n) is 5.41. The van der Waals surface area contributed by atoms with Crippen LogP contribution >= 0.6 is 15.9 Å². The predicted octanol–water partition coefficient (Wildman–Crippen LogP) is 2.43. The van der Waals surface area contributed by atoms with E-state index in [-0.39, 0.29) is 0 Å². The van der Waals surface area contributed by atoms with Gasteiger partial charge in [0.15, 0.2) is 17.8 Å². The maximum atomic E-state index is 11.0. The van der Waals surface area contributed by atoms with Gasteiger partial charge in [-0.2, -0.15) is 0 Å². The summed E-state index contributed by atoms with van der Waals surface area (Å²) < 4.78 is 21.7. The lowest BCUT2D eigenvalue weighted by Crippen LogP contribution is -2.05. The zero-order valence-electron chi connectivity index (χ0n) is 10.1. The fourth-order valence-electron chi connectivity index (χ4n) is 1.67. The molecule has 1 aliphatic heterocycles. The molecule has 0 amide bonds. The van der Waals surface area contributed by atoms with Crippen molar-refractivity contribution in [3.63, 3.8) is 0 Å². The molecule has 0 saturated carbocycles. The van der Waals surface area contributed by atoms with Crippen molar-refractivity contribution in [3.8, 4) is 11.5 Å². The number of carbonyl (C=O) groups is 1. The third kappa shape index (κ3) is 2.82. The van der Waals surface area contributed by atoms with E-state index < -0.39 is 12.3 Å². The van der Waals surface area contributed by atoms with Crippen molar-refractivity contribution in [1.82, 2.24) is 0 Å². The molecule has 18 heavy (non-hydrogen) atoms. The number of methoxy groups -OCH3 is 1. The first-order valence-corrected chi connectivity index (χ1v) is 6.20. The minimum Gasteiger partial charge on any atom is -0.493 e. The molecule has 0 spiro atoms.